The maximum Gasteiger partial charge on any atom is 0.241 e. The predicted molar refractivity (Wildman–Crippen MR) is 122 cm³/mol. The second-order valence-electron chi connectivity index (χ2n) is 6.67. The fourth-order valence-electron chi connectivity index (χ4n) is 3.07. The molecule has 0 radical (unpaired) electrons. The molecule has 2 aromatic carbocycles. The number of ether oxygens (including phenoxy) is 2. The molecular weight excluding hydrogens is 445 g/mol. The quantitative estimate of drug-likeness (QED) is 0.462. The summed E-state index contributed by atoms with van der Waals surface area (Å²) in [5.41, 5.74) is 0.00786. The van der Waals surface area contributed by atoms with Crippen LogP contribution in [0.5, 0.6) is 11.5 Å². The molecule has 0 spiro atoms. The fourth-order valence-corrected chi connectivity index (χ4v) is 5.55. The van der Waals surface area contributed by atoms with Gasteiger partial charge in [-0.3, -0.25) is 9.36 Å². The van der Waals surface area contributed by atoms with Gasteiger partial charge in [0.1, 0.15) is 17.2 Å². The molecule has 1 aromatic heterocycles. The molecule has 9 heteroatoms. The lowest BCUT2D eigenvalue weighted by molar-refractivity contribution is -0.120. The summed E-state index contributed by atoms with van der Waals surface area (Å²) in [4.78, 5) is 23.2. The zero-order valence-electron chi connectivity index (χ0n) is 16.6. The van der Waals surface area contributed by atoms with Crippen molar-refractivity contribution >= 4 is 52.4 Å². The average molecular weight is 466 g/mol. The average Bonchev–Trinajstić information content (AvgIpc) is 3.09. The number of carbonyl (C=O) groups excluding carboxylic acids is 1. The molecular formula is C21H21ClNO5PS. The van der Waals surface area contributed by atoms with Gasteiger partial charge in [0.15, 0.2) is 0 Å². The second-order valence-corrected chi connectivity index (χ2v) is 10.4. The molecule has 0 aliphatic rings. The molecule has 0 aliphatic carbocycles. The third kappa shape index (κ3) is 5.05. The number of carbonyl (C=O) groups is 1. The van der Waals surface area contributed by atoms with Crippen LogP contribution in [0.25, 0.3) is 16.2 Å². The molecule has 1 amide bonds. The van der Waals surface area contributed by atoms with E-state index in [2.05, 4.69) is 5.32 Å². The van der Waals surface area contributed by atoms with Gasteiger partial charge >= 0.3 is 0 Å². The summed E-state index contributed by atoms with van der Waals surface area (Å²) < 4.78 is 23.9. The largest absolute Gasteiger partial charge is 0.497 e. The smallest absolute Gasteiger partial charge is 0.241 e. The number of hydrogen-bond donors (Lipinski definition) is 2. The van der Waals surface area contributed by atoms with E-state index in [4.69, 9.17) is 21.1 Å². The summed E-state index contributed by atoms with van der Waals surface area (Å²) >= 11 is 7.48. The lowest BCUT2D eigenvalue weighted by Gasteiger charge is -2.18. The van der Waals surface area contributed by atoms with E-state index in [-0.39, 0.29) is 0 Å². The molecule has 2 N–H and O–H groups in total. The van der Waals surface area contributed by atoms with Crippen molar-refractivity contribution in [2.45, 2.75) is 5.66 Å². The van der Waals surface area contributed by atoms with Crippen molar-refractivity contribution in [2.24, 2.45) is 0 Å². The molecule has 0 saturated carbocycles. The van der Waals surface area contributed by atoms with E-state index < -0.39 is 18.9 Å². The van der Waals surface area contributed by atoms with Crippen LogP contribution in [0.3, 0.4) is 0 Å². The van der Waals surface area contributed by atoms with Crippen LogP contribution in [0.15, 0.2) is 48.0 Å². The van der Waals surface area contributed by atoms with Crippen LogP contribution in [-0.4, -0.2) is 31.7 Å². The van der Waals surface area contributed by atoms with Gasteiger partial charge in [0.05, 0.1) is 14.2 Å². The first-order chi connectivity index (χ1) is 14.2. The number of methoxy groups -OCH3 is 2. The second kappa shape index (κ2) is 9.23. The first-order valence-corrected chi connectivity index (χ1v) is 12.3. The van der Waals surface area contributed by atoms with E-state index in [0.717, 1.165) is 10.3 Å². The Balaban J connectivity index is 1.88. The van der Waals surface area contributed by atoms with Gasteiger partial charge in [-0.25, -0.2) is 0 Å². The highest BCUT2D eigenvalue weighted by Gasteiger charge is 2.36. The van der Waals surface area contributed by atoms with Crippen LogP contribution in [0, 0.1) is 0 Å². The van der Waals surface area contributed by atoms with Gasteiger partial charge in [0.25, 0.3) is 0 Å². The normalized spacial score (nSPS) is 14.4. The Labute approximate surface area is 183 Å². The summed E-state index contributed by atoms with van der Waals surface area (Å²) in [7, 11) is -0.705. The molecule has 0 bridgehead atoms. The zero-order chi connectivity index (χ0) is 21.9. The molecule has 3 aromatic rings. The van der Waals surface area contributed by atoms with Crippen LogP contribution in [-0.2, 0) is 9.36 Å². The Hall–Kier alpha value is -2.31. The molecule has 30 heavy (non-hydrogen) atoms. The highest BCUT2D eigenvalue weighted by atomic mass is 35.5. The predicted octanol–water partition coefficient (Wildman–Crippen LogP) is 5.30. The van der Waals surface area contributed by atoms with Gasteiger partial charge in [-0.15, -0.1) is 11.3 Å². The molecule has 0 aliphatic heterocycles. The minimum Gasteiger partial charge on any atom is -0.497 e. The lowest BCUT2D eigenvalue weighted by Crippen LogP contribution is -2.25. The van der Waals surface area contributed by atoms with Crippen molar-refractivity contribution in [2.75, 3.05) is 20.9 Å². The van der Waals surface area contributed by atoms with E-state index in [1.54, 1.807) is 56.0 Å². The minimum atomic E-state index is -3.80. The summed E-state index contributed by atoms with van der Waals surface area (Å²) in [6, 6.07) is 10.6. The van der Waals surface area contributed by atoms with E-state index in [1.165, 1.54) is 24.2 Å². The number of halogens is 1. The standard InChI is InChI=1S/C21H21ClNO5PS/c1-27-15-8-13(9-16(11-15)28-2)6-7-23-21(24)20(29(3,25)26)18-12-30-19-5-4-14(22)10-17(18)19/h4-12,20H,1-3H3,(H,23,24)(H,25,26). The van der Waals surface area contributed by atoms with Crippen molar-refractivity contribution in [3.8, 4) is 11.5 Å². The summed E-state index contributed by atoms with van der Waals surface area (Å²) in [5, 5.41) is 5.55. The number of amides is 1. The van der Waals surface area contributed by atoms with Gasteiger partial charge in [-0.1, -0.05) is 11.6 Å². The summed E-state index contributed by atoms with van der Waals surface area (Å²) in [5.74, 6) is 0.635. The molecule has 2 unspecified atom stereocenters. The molecule has 158 valence electrons. The highest BCUT2D eigenvalue weighted by molar-refractivity contribution is 7.58. The number of benzene rings is 2. The molecule has 0 saturated heterocycles. The maximum absolute atomic E-state index is 12.9. The summed E-state index contributed by atoms with van der Waals surface area (Å²) in [6.45, 7) is 1.18. The number of rotatable bonds is 7. The first kappa shape index (κ1) is 22.4. The van der Waals surface area contributed by atoms with Crippen molar-refractivity contribution in [3.63, 3.8) is 0 Å². The van der Waals surface area contributed by atoms with Crippen LogP contribution < -0.4 is 14.8 Å². The van der Waals surface area contributed by atoms with Crippen molar-refractivity contribution in [1.82, 2.24) is 5.32 Å². The van der Waals surface area contributed by atoms with Gasteiger partial charge in [0.2, 0.25) is 13.3 Å². The Bertz CT molecular complexity index is 1130. The Morgan fingerprint density at radius 1 is 1.20 bits per heavy atom. The Kier molecular flexibility index (Phi) is 6.88. The van der Waals surface area contributed by atoms with Crippen LogP contribution in [0.1, 0.15) is 16.8 Å². The van der Waals surface area contributed by atoms with E-state index >= 15 is 0 Å². The molecule has 6 nitrogen and oxygen atoms in total. The Morgan fingerprint density at radius 3 is 2.47 bits per heavy atom. The molecule has 3 rings (SSSR count). The minimum absolute atomic E-state index is 0.486. The lowest BCUT2D eigenvalue weighted by atomic mass is 10.1. The van der Waals surface area contributed by atoms with Crippen molar-refractivity contribution < 1.29 is 23.7 Å². The zero-order valence-corrected chi connectivity index (χ0v) is 19.1. The fraction of sp³-hybridized carbons (Fsp3) is 0.190. The third-order valence-corrected chi connectivity index (χ3v) is 7.15. The molecule has 0 fully saturated rings. The number of nitrogens with one attached hydrogen (secondary N) is 1. The van der Waals surface area contributed by atoms with Crippen molar-refractivity contribution in [1.29, 1.82) is 0 Å². The SMILES string of the molecule is COc1cc(C=CNC(=O)C(c2csc3ccc(Cl)cc23)P(C)(=O)O)cc(OC)c1. The van der Waals surface area contributed by atoms with Gasteiger partial charge in [-0.2, -0.15) is 0 Å². The third-order valence-electron chi connectivity index (χ3n) is 4.46. The van der Waals surface area contributed by atoms with E-state index in [0.29, 0.717) is 27.5 Å². The van der Waals surface area contributed by atoms with Gasteiger partial charge in [0, 0.05) is 28.7 Å². The van der Waals surface area contributed by atoms with Gasteiger partial charge < -0.3 is 19.7 Å². The topological polar surface area (TPSA) is 84.9 Å². The first-order valence-electron chi connectivity index (χ1n) is 8.89. The van der Waals surface area contributed by atoms with Crippen LogP contribution in [0.4, 0.5) is 0 Å². The Morgan fingerprint density at radius 2 is 1.87 bits per heavy atom. The monoisotopic (exact) mass is 465 g/mol. The maximum atomic E-state index is 12.9. The number of fused-ring (bicyclic) bond motifs is 1. The molecule has 2 atom stereocenters. The number of hydrogen-bond acceptors (Lipinski definition) is 5. The van der Waals surface area contributed by atoms with E-state index in [9.17, 15) is 14.3 Å². The van der Waals surface area contributed by atoms with E-state index in [1.807, 2.05) is 6.07 Å². The van der Waals surface area contributed by atoms with Gasteiger partial charge in [-0.05, 0) is 58.3 Å². The van der Waals surface area contributed by atoms with Crippen LogP contribution in [0.2, 0.25) is 5.02 Å². The highest BCUT2D eigenvalue weighted by Crippen LogP contribution is 2.54. The number of thiophene rings is 1. The molecule has 1 heterocycles. The summed E-state index contributed by atoms with van der Waals surface area (Å²) in [6.07, 6.45) is 3.08. The van der Waals surface area contributed by atoms with Crippen LogP contribution >= 0.6 is 30.3 Å². The van der Waals surface area contributed by atoms with Crippen molar-refractivity contribution in [3.05, 3.63) is 64.1 Å².